The molecule has 164 valence electrons. The quantitative estimate of drug-likeness (QED) is 0.472. The number of carbonyl (C=O) groups excluding carboxylic acids is 1. The lowest BCUT2D eigenvalue weighted by atomic mass is 9.95. The molecule has 6 nitrogen and oxygen atoms in total. The van der Waals surface area contributed by atoms with Crippen molar-refractivity contribution in [3.8, 4) is 0 Å². The lowest BCUT2D eigenvalue weighted by Crippen LogP contribution is -2.41. The van der Waals surface area contributed by atoms with Crippen molar-refractivity contribution in [2.45, 2.75) is 83.4 Å². The van der Waals surface area contributed by atoms with Gasteiger partial charge in [0.1, 0.15) is 11.4 Å². The van der Waals surface area contributed by atoms with Crippen LogP contribution in [0.25, 0.3) is 10.9 Å². The number of nitrogens with zero attached hydrogens (tertiary/aromatic N) is 2. The number of rotatable bonds is 5. The molecule has 0 spiro atoms. The largest absolute Gasteiger partial charge is 0.444 e. The first-order valence-corrected chi connectivity index (χ1v) is 11.4. The average Bonchev–Trinajstić information content (AvgIpc) is 2.87. The van der Waals surface area contributed by atoms with Gasteiger partial charge in [-0.1, -0.05) is 13.3 Å². The Morgan fingerprint density at radius 2 is 2.07 bits per heavy atom. The number of alkyl halides is 1. The Balaban J connectivity index is 1.79. The normalized spacial score (nSPS) is 22.4. The molecule has 2 N–H and O–H groups in total. The maximum Gasteiger partial charge on any atom is 0.407 e. The molecule has 1 amide bonds. The molecule has 1 unspecified atom stereocenters. The van der Waals surface area contributed by atoms with Gasteiger partial charge >= 0.3 is 6.09 Å². The van der Waals surface area contributed by atoms with E-state index in [-0.39, 0.29) is 18.2 Å². The van der Waals surface area contributed by atoms with Crippen molar-refractivity contribution in [2.75, 3.05) is 5.32 Å². The lowest BCUT2D eigenvalue weighted by Gasteiger charge is -2.26. The molecular formula is C23H33ClN4O2. The van der Waals surface area contributed by atoms with Gasteiger partial charge in [0, 0.05) is 23.7 Å². The Bertz CT molecular complexity index is 868. The Morgan fingerprint density at radius 1 is 1.27 bits per heavy atom. The first kappa shape index (κ1) is 22.6. The lowest BCUT2D eigenvalue weighted by molar-refractivity contribution is 0.0499. The van der Waals surface area contributed by atoms with Gasteiger partial charge in [-0.25, -0.2) is 9.78 Å². The number of hydrogen-bond donors (Lipinski definition) is 2. The molecule has 0 radical (unpaired) electrons. The Morgan fingerprint density at radius 3 is 2.77 bits per heavy atom. The van der Waals surface area contributed by atoms with Gasteiger partial charge in [-0.05, 0) is 70.6 Å². The molecule has 0 saturated heterocycles. The Labute approximate surface area is 184 Å². The number of aromatic nitrogens is 2. The predicted octanol–water partition coefficient (Wildman–Crippen LogP) is 5.64. The zero-order valence-corrected chi connectivity index (χ0v) is 19.1. The van der Waals surface area contributed by atoms with E-state index in [1.54, 1.807) is 6.20 Å². The molecule has 1 fully saturated rings. The number of amides is 1. The molecular weight excluding hydrogens is 400 g/mol. The summed E-state index contributed by atoms with van der Waals surface area (Å²) in [6.07, 6.45) is 6.46. The number of ether oxygens (including phenoxy) is 1. The molecule has 2 aromatic rings. The molecule has 1 aliphatic carbocycles. The fraction of sp³-hybridized carbons (Fsp3) is 0.609. The highest BCUT2D eigenvalue weighted by molar-refractivity contribution is 6.17. The minimum Gasteiger partial charge on any atom is -0.444 e. The standard InChI is InChI=1S/C23H33ClN4O2/c1-5-15-8-9-16(28-22(29)30-23(2,3)4)12-17(11-15)26-21-19-7-6-10-25-20(19)13-18(14-24)27-21/h6-7,10,13,15-17H,5,8-9,11-12,14H2,1-4H3,(H,26,27)(H,28,29)/t15-,16-,17?/m0/s1. The molecule has 2 heterocycles. The van der Waals surface area contributed by atoms with Gasteiger partial charge in [0.15, 0.2) is 0 Å². The number of pyridine rings is 2. The molecule has 3 atom stereocenters. The zero-order valence-electron chi connectivity index (χ0n) is 18.4. The number of hydrogen-bond acceptors (Lipinski definition) is 5. The van der Waals surface area contributed by atoms with Crippen LogP contribution in [-0.2, 0) is 10.6 Å². The summed E-state index contributed by atoms with van der Waals surface area (Å²) in [7, 11) is 0. The van der Waals surface area contributed by atoms with E-state index in [1.165, 1.54) is 0 Å². The van der Waals surface area contributed by atoms with Crippen molar-refractivity contribution in [2.24, 2.45) is 5.92 Å². The highest BCUT2D eigenvalue weighted by Crippen LogP contribution is 2.30. The molecule has 30 heavy (non-hydrogen) atoms. The van der Waals surface area contributed by atoms with Crippen LogP contribution in [0.1, 0.15) is 65.5 Å². The third-order valence-corrected chi connectivity index (χ3v) is 5.81. The second-order valence-electron chi connectivity index (χ2n) is 9.17. The van der Waals surface area contributed by atoms with E-state index in [1.807, 2.05) is 39.0 Å². The van der Waals surface area contributed by atoms with Gasteiger partial charge in [-0.2, -0.15) is 0 Å². The number of anilines is 1. The van der Waals surface area contributed by atoms with Crippen LogP contribution in [0.5, 0.6) is 0 Å². The van der Waals surface area contributed by atoms with Gasteiger partial charge < -0.3 is 15.4 Å². The summed E-state index contributed by atoms with van der Waals surface area (Å²) in [5, 5.41) is 7.72. The maximum atomic E-state index is 12.3. The summed E-state index contributed by atoms with van der Waals surface area (Å²) in [5.41, 5.74) is 1.18. The number of fused-ring (bicyclic) bond motifs is 1. The zero-order chi connectivity index (χ0) is 21.7. The van der Waals surface area contributed by atoms with E-state index < -0.39 is 5.60 Å². The van der Waals surface area contributed by atoms with Crippen LogP contribution in [0, 0.1) is 5.92 Å². The molecule has 2 aromatic heterocycles. The van der Waals surface area contributed by atoms with Crippen LogP contribution in [0.15, 0.2) is 24.4 Å². The van der Waals surface area contributed by atoms with Crippen LogP contribution in [-0.4, -0.2) is 33.7 Å². The van der Waals surface area contributed by atoms with Crippen molar-refractivity contribution < 1.29 is 9.53 Å². The van der Waals surface area contributed by atoms with Gasteiger partial charge in [0.2, 0.25) is 0 Å². The van der Waals surface area contributed by atoms with E-state index >= 15 is 0 Å². The third kappa shape index (κ3) is 6.21. The molecule has 3 rings (SSSR count). The minimum atomic E-state index is -0.504. The van der Waals surface area contributed by atoms with Crippen LogP contribution in [0.3, 0.4) is 0 Å². The smallest absolute Gasteiger partial charge is 0.407 e. The van der Waals surface area contributed by atoms with Crippen molar-refractivity contribution >= 4 is 34.4 Å². The van der Waals surface area contributed by atoms with Gasteiger partial charge in [0.05, 0.1) is 17.1 Å². The molecule has 7 heteroatoms. The van der Waals surface area contributed by atoms with Gasteiger partial charge in [-0.3, -0.25) is 4.98 Å². The second kappa shape index (κ2) is 9.82. The third-order valence-electron chi connectivity index (χ3n) is 5.54. The highest BCUT2D eigenvalue weighted by atomic mass is 35.5. The Kier molecular flexibility index (Phi) is 7.40. The van der Waals surface area contributed by atoms with Crippen LogP contribution in [0.2, 0.25) is 0 Å². The van der Waals surface area contributed by atoms with Gasteiger partial charge in [-0.15, -0.1) is 11.6 Å². The van der Waals surface area contributed by atoms with Crippen molar-refractivity contribution in [3.63, 3.8) is 0 Å². The maximum absolute atomic E-state index is 12.3. The van der Waals surface area contributed by atoms with E-state index in [9.17, 15) is 4.79 Å². The molecule has 0 aliphatic heterocycles. The molecule has 0 aromatic carbocycles. The minimum absolute atomic E-state index is 0.0644. The summed E-state index contributed by atoms with van der Waals surface area (Å²) in [5.74, 6) is 1.76. The second-order valence-corrected chi connectivity index (χ2v) is 9.44. The van der Waals surface area contributed by atoms with Gasteiger partial charge in [0.25, 0.3) is 0 Å². The van der Waals surface area contributed by atoms with E-state index in [0.29, 0.717) is 11.8 Å². The fourth-order valence-electron chi connectivity index (χ4n) is 4.11. The Hall–Kier alpha value is -2.08. The summed E-state index contributed by atoms with van der Waals surface area (Å²) in [6.45, 7) is 7.87. The topological polar surface area (TPSA) is 76.1 Å². The van der Waals surface area contributed by atoms with Crippen molar-refractivity contribution in [1.29, 1.82) is 0 Å². The summed E-state index contributed by atoms with van der Waals surface area (Å²) >= 11 is 6.07. The summed E-state index contributed by atoms with van der Waals surface area (Å²) in [6, 6.07) is 6.14. The number of halogens is 1. The summed E-state index contributed by atoms with van der Waals surface area (Å²) in [4.78, 5) is 21.5. The van der Waals surface area contributed by atoms with E-state index in [0.717, 1.165) is 54.5 Å². The number of alkyl carbamates (subject to hydrolysis) is 1. The van der Waals surface area contributed by atoms with Crippen molar-refractivity contribution in [3.05, 3.63) is 30.1 Å². The molecule has 1 saturated carbocycles. The monoisotopic (exact) mass is 432 g/mol. The van der Waals surface area contributed by atoms with Crippen LogP contribution < -0.4 is 10.6 Å². The number of carbonyl (C=O) groups is 1. The van der Waals surface area contributed by atoms with Crippen LogP contribution in [0.4, 0.5) is 10.6 Å². The van der Waals surface area contributed by atoms with Crippen molar-refractivity contribution in [1.82, 2.24) is 15.3 Å². The molecule has 0 bridgehead atoms. The van der Waals surface area contributed by atoms with E-state index in [2.05, 4.69) is 22.5 Å². The predicted molar refractivity (Wildman–Crippen MR) is 122 cm³/mol. The first-order valence-electron chi connectivity index (χ1n) is 10.8. The summed E-state index contributed by atoms with van der Waals surface area (Å²) < 4.78 is 5.47. The SMILES string of the molecule is CC[C@H]1CC[C@H](NC(=O)OC(C)(C)C)CC(Nc2nc(CCl)cc3ncccc23)C1. The molecule has 1 aliphatic rings. The fourth-order valence-corrected chi connectivity index (χ4v) is 4.24. The average molecular weight is 433 g/mol. The number of nitrogens with one attached hydrogen (secondary N) is 2. The first-order chi connectivity index (χ1) is 14.3. The highest BCUT2D eigenvalue weighted by Gasteiger charge is 2.28. The van der Waals surface area contributed by atoms with Crippen LogP contribution >= 0.6 is 11.6 Å². The van der Waals surface area contributed by atoms with E-state index in [4.69, 9.17) is 21.3 Å².